The van der Waals surface area contributed by atoms with E-state index < -0.39 is 84.9 Å². The van der Waals surface area contributed by atoms with Gasteiger partial charge in [0.25, 0.3) is 0 Å². The zero-order valence-electron chi connectivity index (χ0n) is 18.2. The van der Waals surface area contributed by atoms with Gasteiger partial charge in [-0.3, -0.25) is 28.8 Å². The molecule has 1 heterocycles. The van der Waals surface area contributed by atoms with Gasteiger partial charge in [-0.25, -0.2) is 9.78 Å². The van der Waals surface area contributed by atoms with Gasteiger partial charge >= 0.3 is 11.9 Å². The highest BCUT2D eigenvalue weighted by molar-refractivity contribution is 5.97. The molecule has 0 bridgehead atoms. The molecule has 5 amide bonds. The van der Waals surface area contributed by atoms with Gasteiger partial charge < -0.3 is 48.3 Å². The topological polar surface area (TPSA) is 303 Å². The Morgan fingerprint density at radius 1 is 0.829 bits per heavy atom. The lowest BCUT2D eigenvalue weighted by atomic mass is 10.1. The summed E-state index contributed by atoms with van der Waals surface area (Å²) >= 11 is 0. The van der Waals surface area contributed by atoms with Gasteiger partial charge in [0.2, 0.25) is 29.5 Å². The van der Waals surface area contributed by atoms with Crippen molar-refractivity contribution in [1.82, 2.24) is 25.9 Å². The van der Waals surface area contributed by atoms with Crippen LogP contribution >= 0.6 is 0 Å². The molecule has 4 atom stereocenters. The van der Waals surface area contributed by atoms with E-state index in [-0.39, 0.29) is 6.42 Å². The molecule has 35 heavy (non-hydrogen) atoms. The van der Waals surface area contributed by atoms with Crippen LogP contribution in [0.4, 0.5) is 0 Å². The van der Waals surface area contributed by atoms with E-state index in [1.54, 1.807) is 0 Å². The van der Waals surface area contributed by atoms with Crippen LogP contribution in [0.5, 0.6) is 0 Å². The highest BCUT2D eigenvalue weighted by Gasteiger charge is 2.32. The van der Waals surface area contributed by atoms with Crippen molar-refractivity contribution in [2.45, 2.75) is 49.9 Å². The number of H-pyrrole nitrogens is 1. The zero-order valence-corrected chi connectivity index (χ0v) is 18.2. The molecule has 17 nitrogen and oxygen atoms in total. The van der Waals surface area contributed by atoms with Crippen molar-refractivity contribution >= 4 is 41.5 Å². The first-order valence-corrected chi connectivity index (χ1v) is 9.95. The minimum Gasteiger partial charge on any atom is -0.481 e. The number of nitrogens with two attached hydrogens (primary N) is 3. The fourth-order valence-corrected chi connectivity index (χ4v) is 2.74. The number of aromatic amines is 1. The fourth-order valence-electron chi connectivity index (χ4n) is 2.74. The van der Waals surface area contributed by atoms with Crippen LogP contribution in [-0.2, 0) is 40.0 Å². The summed E-state index contributed by atoms with van der Waals surface area (Å²) in [6, 6.07) is -6.46. The van der Waals surface area contributed by atoms with E-state index >= 15 is 0 Å². The van der Waals surface area contributed by atoms with Crippen LogP contribution in [0.2, 0.25) is 0 Å². The molecule has 192 valence electrons. The lowest BCUT2D eigenvalue weighted by Gasteiger charge is -2.24. The van der Waals surface area contributed by atoms with Gasteiger partial charge in [0, 0.05) is 18.3 Å². The van der Waals surface area contributed by atoms with Gasteiger partial charge in [-0.2, -0.15) is 0 Å². The summed E-state index contributed by atoms with van der Waals surface area (Å²) in [5.74, 6) is -8.56. The molecule has 1 rings (SSSR count). The second-order valence-electron chi connectivity index (χ2n) is 7.35. The molecular formula is C18H26N8O9. The second-order valence-corrected chi connectivity index (χ2v) is 7.35. The van der Waals surface area contributed by atoms with Crippen LogP contribution in [0, 0.1) is 0 Å². The molecule has 0 fully saturated rings. The first kappa shape index (κ1) is 28.5. The molecule has 0 aliphatic heterocycles. The summed E-state index contributed by atoms with van der Waals surface area (Å²) in [5, 5.41) is 24.3. The first-order chi connectivity index (χ1) is 16.3. The Kier molecular flexibility index (Phi) is 10.8. The van der Waals surface area contributed by atoms with Crippen molar-refractivity contribution in [3.05, 3.63) is 18.2 Å². The lowest BCUT2D eigenvalue weighted by molar-refractivity contribution is -0.144. The van der Waals surface area contributed by atoms with E-state index in [0.717, 1.165) is 0 Å². The summed E-state index contributed by atoms with van der Waals surface area (Å²) in [4.78, 5) is 88.9. The Hall–Kier alpha value is -4.54. The Morgan fingerprint density at radius 3 is 1.77 bits per heavy atom. The van der Waals surface area contributed by atoms with Gasteiger partial charge in [-0.05, 0) is 0 Å². The van der Waals surface area contributed by atoms with E-state index in [4.69, 9.17) is 27.4 Å². The van der Waals surface area contributed by atoms with Crippen LogP contribution in [0.25, 0.3) is 0 Å². The molecule has 0 aromatic carbocycles. The van der Waals surface area contributed by atoms with Gasteiger partial charge in [0.05, 0.1) is 31.6 Å². The number of nitrogens with zero attached hydrogens (tertiary/aromatic N) is 1. The van der Waals surface area contributed by atoms with Gasteiger partial charge in [-0.15, -0.1) is 0 Å². The summed E-state index contributed by atoms with van der Waals surface area (Å²) < 4.78 is 0. The van der Waals surface area contributed by atoms with Gasteiger partial charge in [-0.1, -0.05) is 0 Å². The van der Waals surface area contributed by atoms with Crippen molar-refractivity contribution in [2.75, 3.05) is 0 Å². The van der Waals surface area contributed by atoms with Crippen molar-refractivity contribution in [3.63, 3.8) is 0 Å². The van der Waals surface area contributed by atoms with Crippen molar-refractivity contribution < 1.29 is 43.8 Å². The van der Waals surface area contributed by atoms with Crippen LogP contribution in [0.15, 0.2) is 12.5 Å². The van der Waals surface area contributed by atoms with E-state index in [9.17, 15) is 33.6 Å². The second kappa shape index (κ2) is 13.2. The molecule has 0 saturated heterocycles. The number of hydrogen-bond donors (Lipinski definition) is 9. The average molecular weight is 498 g/mol. The number of carbonyl (C=O) groups is 7. The number of amides is 5. The maximum Gasteiger partial charge on any atom is 0.326 e. The molecule has 1 aromatic rings. The summed E-state index contributed by atoms with van der Waals surface area (Å²) in [6.07, 6.45) is 0.222. The number of hydrogen-bond acceptors (Lipinski definition) is 9. The third-order valence-corrected chi connectivity index (χ3v) is 4.40. The maximum absolute atomic E-state index is 12.7. The molecule has 17 heteroatoms. The van der Waals surface area contributed by atoms with Crippen LogP contribution in [0.3, 0.4) is 0 Å². The Balaban J connectivity index is 2.97. The molecule has 4 unspecified atom stereocenters. The van der Waals surface area contributed by atoms with E-state index in [1.165, 1.54) is 12.5 Å². The third-order valence-electron chi connectivity index (χ3n) is 4.40. The number of imidazole rings is 1. The largest absolute Gasteiger partial charge is 0.481 e. The lowest BCUT2D eigenvalue weighted by Crippen LogP contribution is -2.58. The average Bonchev–Trinajstić information content (AvgIpc) is 3.23. The SMILES string of the molecule is NC(=O)CC(NC(=O)C(CC(N)=O)NC(=O)C(CC(=O)O)NC(=O)C(N)Cc1cnc[nH]1)C(=O)O. The summed E-state index contributed by atoms with van der Waals surface area (Å²) in [7, 11) is 0. The molecule has 1 aromatic heterocycles. The molecule has 0 spiro atoms. The minimum atomic E-state index is -1.78. The fraction of sp³-hybridized carbons (Fsp3) is 0.444. The smallest absolute Gasteiger partial charge is 0.326 e. The van der Waals surface area contributed by atoms with Crippen LogP contribution in [0.1, 0.15) is 25.0 Å². The number of nitrogens with one attached hydrogen (secondary N) is 4. The van der Waals surface area contributed by atoms with Gasteiger partial charge in [0.1, 0.15) is 18.1 Å². The van der Waals surface area contributed by atoms with Crippen LogP contribution in [-0.4, -0.2) is 85.8 Å². The normalized spacial score (nSPS) is 14.0. The monoisotopic (exact) mass is 498 g/mol. The molecule has 0 radical (unpaired) electrons. The van der Waals surface area contributed by atoms with E-state index in [2.05, 4.69) is 15.3 Å². The summed E-state index contributed by atoms with van der Waals surface area (Å²) in [6.45, 7) is 0. The van der Waals surface area contributed by atoms with E-state index in [1.807, 2.05) is 10.6 Å². The number of primary amides is 2. The molecular weight excluding hydrogens is 472 g/mol. The highest BCUT2D eigenvalue weighted by Crippen LogP contribution is 2.02. The van der Waals surface area contributed by atoms with Crippen molar-refractivity contribution in [3.8, 4) is 0 Å². The third kappa shape index (κ3) is 10.3. The Labute approximate surface area is 197 Å². The number of aromatic nitrogens is 2. The number of aliphatic carboxylic acids is 2. The Morgan fingerprint density at radius 2 is 1.31 bits per heavy atom. The molecule has 0 aliphatic rings. The molecule has 0 saturated carbocycles. The number of carbonyl (C=O) groups excluding carboxylic acids is 5. The van der Waals surface area contributed by atoms with Crippen LogP contribution < -0.4 is 33.2 Å². The van der Waals surface area contributed by atoms with Crippen molar-refractivity contribution in [2.24, 2.45) is 17.2 Å². The van der Waals surface area contributed by atoms with Crippen molar-refractivity contribution in [1.29, 1.82) is 0 Å². The maximum atomic E-state index is 12.7. The predicted octanol–water partition coefficient (Wildman–Crippen LogP) is -4.96. The predicted molar refractivity (Wildman–Crippen MR) is 114 cm³/mol. The number of rotatable bonds is 15. The Bertz CT molecular complexity index is 965. The molecule has 0 aliphatic carbocycles. The number of carboxylic acids is 2. The van der Waals surface area contributed by atoms with Gasteiger partial charge in [0.15, 0.2) is 0 Å². The first-order valence-electron chi connectivity index (χ1n) is 9.95. The highest BCUT2D eigenvalue weighted by atomic mass is 16.4. The molecule has 12 N–H and O–H groups in total. The quantitative estimate of drug-likeness (QED) is 0.110. The zero-order chi connectivity index (χ0) is 26.7. The number of carboxylic acid groups (broad SMARTS) is 2. The van der Waals surface area contributed by atoms with E-state index in [0.29, 0.717) is 5.69 Å². The standard InChI is InChI=1S/C18H26N8O9/c19-8(1-7-5-22-6-23-7)15(31)24-10(4-14(29)30)17(33)25-9(2-12(20)27)16(32)26-11(18(34)35)3-13(21)28/h5-6,8-11H,1-4,19H2,(H2,20,27)(H2,21,28)(H,22,23)(H,24,31)(H,25,33)(H,26,32)(H,29,30)(H,34,35). The minimum absolute atomic E-state index is 0.0175. The summed E-state index contributed by atoms with van der Waals surface area (Å²) in [5.41, 5.74) is 16.3.